The second kappa shape index (κ2) is 10.3. The second-order valence-corrected chi connectivity index (χ2v) is 3.39. The Bertz CT molecular complexity index is 303. The first-order valence-electron chi connectivity index (χ1n) is 5.51. The molecule has 0 aromatic heterocycles. The van der Waals surface area contributed by atoms with Crippen molar-refractivity contribution in [3.05, 3.63) is 71.2 Å². The summed E-state index contributed by atoms with van der Waals surface area (Å²) in [5.74, 6) is 0. The number of rotatable bonds is 0. The lowest BCUT2D eigenvalue weighted by Crippen LogP contribution is -1.62. The van der Waals surface area contributed by atoms with E-state index in [4.69, 9.17) is 11.6 Å². The number of hydrogen-bond donors (Lipinski definition) is 0. The Morgan fingerprint density at radius 3 is 1.25 bits per heavy atom. The van der Waals surface area contributed by atoms with E-state index >= 15 is 0 Å². The zero-order valence-electron chi connectivity index (χ0n) is 10.2. The lowest BCUT2D eigenvalue weighted by Gasteiger charge is -1.82. The Kier molecular flexibility index (Phi) is 9.44. The Labute approximate surface area is 104 Å². The molecular formula is C15H19Cl. The highest BCUT2D eigenvalue weighted by molar-refractivity contribution is 6.30. The van der Waals surface area contributed by atoms with Crippen LogP contribution in [0.2, 0.25) is 5.02 Å². The van der Waals surface area contributed by atoms with Crippen LogP contribution in [0.3, 0.4) is 0 Å². The van der Waals surface area contributed by atoms with Crippen LogP contribution in [0.5, 0.6) is 0 Å². The summed E-state index contributed by atoms with van der Waals surface area (Å²) in [7, 11) is 0. The van der Waals surface area contributed by atoms with E-state index in [0.717, 1.165) is 5.02 Å². The molecule has 0 bridgehead atoms. The van der Waals surface area contributed by atoms with Gasteiger partial charge in [0, 0.05) is 5.02 Å². The van der Waals surface area contributed by atoms with E-state index in [1.807, 2.05) is 62.4 Å². The first-order valence-corrected chi connectivity index (χ1v) is 5.89. The molecule has 0 saturated heterocycles. The average molecular weight is 235 g/mol. The van der Waals surface area contributed by atoms with E-state index in [9.17, 15) is 0 Å². The highest BCUT2D eigenvalue weighted by Gasteiger charge is 1.75. The fourth-order valence-electron chi connectivity index (χ4n) is 0.949. The van der Waals surface area contributed by atoms with Gasteiger partial charge in [-0.2, -0.15) is 0 Å². The quantitative estimate of drug-likeness (QED) is 0.576. The Morgan fingerprint density at radius 1 is 0.688 bits per heavy atom. The third-order valence-corrected chi connectivity index (χ3v) is 1.93. The predicted molar refractivity (Wildman–Crippen MR) is 74.0 cm³/mol. The van der Waals surface area contributed by atoms with Crippen molar-refractivity contribution in [2.24, 2.45) is 0 Å². The molecule has 2 aromatic carbocycles. The molecule has 0 aliphatic rings. The summed E-state index contributed by atoms with van der Waals surface area (Å²) in [4.78, 5) is 0. The Balaban J connectivity index is 0.000000244. The number of halogens is 1. The van der Waals surface area contributed by atoms with Crippen molar-refractivity contribution in [1.29, 1.82) is 0 Å². The van der Waals surface area contributed by atoms with E-state index in [0.29, 0.717) is 0 Å². The number of benzene rings is 2. The molecule has 0 aliphatic heterocycles. The van der Waals surface area contributed by atoms with E-state index in [1.54, 1.807) is 0 Å². The molecule has 16 heavy (non-hydrogen) atoms. The third kappa shape index (κ3) is 8.07. The van der Waals surface area contributed by atoms with Crippen molar-refractivity contribution < 1.29 is 0 Å². The molecule has 0 atom stereocenters. The highest BCUT2D eigenvalue weighted by atomic mass is 35.5. The summed E-state index contributed by atoms with van der Waals surface area (Å²) in [6, 6.07) is 19.7. The van der Waals surface area contributed by atoms with Crippen molar-refractivity contribution in [1.82, 2.24) is 0 Å². The lowest BCUT2D eigenvalue weighted by molar-refractivity contribution is 1.48. The molecule has 0 aliphatic carbocycles. The minimum atomic E-state index is 0.794. The third-order valence-electron chi connectivity index (χ3n) is 1.67. The average Bonchev–Trinajstić information content (AvgIpc) is 2.34. The number of hydrogen-bond acceptors (Lipinski definition) is 0. The van der Waals surface area contributed by atoms with Gasteiger partial charge in [-0.15, -0.1) is 0 Å². The van der Waals surface area contributed by atoms with Crippen LogP contribution < -0.4 is 0 Å². The van der Waals surface area contributed by atoms with Crippen molar-refractivity contribution >= 4 is 11.6 Å². The van der Waals surface area contributed by atoms with Gasteiger partial charge < -0.3 is 0 Å². The largest absolute Gasteiger partial charge is 0.0843 e. The molecule has 2 rings (SSSR count). The van der Waals surface area contributed by atoms with Gasteiger partial charge in [0.1, 0.15) is 0 Å². The first-order chi connectivity index (χ1) is 7.79. The van der Waals surface area contributed by atoms with Gasteiger partial charge in [-0.1, -0.05) is 79.5 Å². The zero-order valence-corrected chi connectivity index (χ0v) is 10.9. The molecule has 0 N–H and O–H groups in total. The maximum Gasteiger partial charge on any atom is 0.0405 e. The van der Waals surface area contributed by atoms with Crippen molar-refractivity contribution in [2.75, 3.05) is 0 Å². The normalized spacial score (nSPS) is 8.00. The molecule has 0 nitrogen and oxygen atoms in total. The van der Waals surface area contributed by atoms with Gasteiger partial charge in [0.05, 0.1) is 0 Å². The number of aryl methyl sites for hydroxylation is 1. The van der Waals surface area contributed by atoms with Gasteiger partial charge in [-0.3, -0.25) is 0 Å². The zero-order chi connectivity index (χ0) is 12.2. The summed E-state index contributed by atoms with van der Waals surface area (Å²) in [6.07, 6.45) is 0. The Hall–Kier alpha value is -1.27. The van der Waals surface area contributed by atoms with Crippen LogP contribution in [0.4, 0.5) is 0 Å². The van der Waals surface area contributed by atoms with Gasteiger partial charge in [-0.25, -0.2) is 0 Å². The SMILES string of the molecule is CC.Cc1ccccc1.Clc1ccccc1. The van der Waals surface area contributed by atoms with Gasteiger partial charge in [0.15, 0.2) is 0 Å². The van der Waals surface area contributed by atoms with Crippen molar-refractivity contribution in [3.8, 4) is 0 Å². The van der Waals surface area contributed by atoms with Gasteiger partial charge in [0.25, 0.3) is 0 Å². The van der Waals surface area contributed by atoms with Crippen LogP contribution in [0.25, 0.3) is 0 Å². The minimum Gasteiger partial charge on any atom is -0.0843 e. The van der Waals surface area contributed by atoms with E-state index in [-0.39, 0.29) is 0 Å². The molecule has 2 aromatic rings. The molecular weight excluding hydrogens is 216 g/mol. The Morgan fingerprint density at radius 2 is 1.06 bits per heavy atom. The molecule has 0 heterocycles. The maximum absolute atomic E-state index is 5.54. The topological polar surface area (TPSA) is 0 Å². The van der Waals surface area contributed by atoms with E-state index in [2.05, 4.69) is 19.1 Å². The van der Waals surface area contributed by atoms with Crippen LogP contribution in [-0.4, -0.2) is 0 Å². The maximum atomic E-state index is 5.54. The molecule has 0 fully saturated rings. The van der Waals surface area contributed by atoms with Crippen molar-refractivity contribution in [3.63, 3.8) is 0 Å². The lowest BCUT2D eigenvalue weighted by atomic mass is 10.2. The predicted octanol–water partition coefficient (Wildman–Crippen LogP) is 5.36. The molecule has 0 saturated carbocycles. The van der Waals surface area contributed by atoms with Gasteiger partial charge >= 0.3 is 0 Å². The van der Waals surface area contributed by atoms with Crippen LogP contribution >= 0.6 is 11.6 Å². The van der Waals surface area contributed by atoms with Crippen LogP contribution in [0.15, 0.2) is 60.7 Å². The fourth-order valence-corrected chi connectivity index (χ4v) is 1.09. The smallest absolute Gasteiger partial charge is 0.0405 e. The van der Waals surface area contributed by atoms with Gasteiger partial charge in [-0.05, 0) is 19.1 Å². The minimum absolute atomic E-state index is 0.794. The monoisotopic (exact) mass is 234 g/mol. The van der Waals surface area contributed by atoms with E-state index in [1.165, 1.54) is 5.56 Å². The summed E-state index contributed by atoms with van der Waals surface area (Å²) in [6.45, 7) is 6.08. The molecule has 86 valence electrons. The molecule has 0 radical (unpaired) electrons. The first kappa shape index (κ1) is 14.7. The van der Waals surface area contributed by atoms with Crippen LogP contribution in [-0.2, 0) is 0 Å². The summed E-state index contributed by atoms with van der Waals surface area (Å²) in [5.41, 5.74) is 1.32. The molecule has 1 heteroatoms. The summed E-state index contributed by atoms with van der Waals surface area (Å²) in [5, 5.41) is 0.794. The van der Waals surface area contributed by atoms with Crippen molar-refractivity contribution in [2.45, 2.75) is 20.8 Å². The van der Waals surface area contributed by atoms with Gasteiger partial charge in [0.2, 0.25) is 0 Å². The summed E-state index contributed by atoms with van der Waals surface area (Å²) >= 11 is 5.54. The molecule has 0 spiro atoms. The molecule has 0 unspecified atom stereocenters. The van der Waals surface area contributed by atoms with Crippen LogP contribution in [0.1, 0.15) is 19.4 Å². The fraction of sp³-hybridized carbons (Fsp3) is 0.200. The van der Waals surface area contributed by atoms with E-state index < -0.39 is 0 Å². The van der Waals surface area contributed by atoms with Crippen LogP contribution in [0, 0.1) is 6.92 Å². The highest BCUT2D eigenvalue weighted by Crippen LogP contribution is 2.03. The molecule has 0 amide bonds. The second-order valence-electron chi connectivity index (χ2n) is 2.95. The standard InChI is InChI=1S/C7H8.C6H5Cl.C2H6/c1-7-5-3-2-4-6-7;7-6-4-2-1-3-5-6;1-2/h2-6H,1H3;1-5H;1-2H3. The summed E-state index contributed by atoms with van der Waals surface area (Å²) < 4.78 is 0.